The number of unbranched alkanes of at least 4 members (excludes halogenated alkanes) is 5. The average Bonchev–Trinajstić information content (AvgIpc) is 2.58. The van der Waals surface area contributed by atoms with Crippen LogP contribution in [0.3, 0.4) is 0 Å². The molecule has 2 rings (SSSR count). The van der Waals surface area contributed by atoms with Crippen molar-refractivity contribution in [2.75, 3.05) is 0 Å². The van der Waals surface area contributed by atoms with Crippen LogP contribution in [-0.4, -0.2) is 21.0 Å². The topological polar surface area (TPSA) is 63.1 Å². The molecule has 4 nitrogen and oxygen atoms in total. The third kappa shape index (κ3) is 5.47. The van der Waals surface area contributed by atoms with Crippen molar-refractivity contribution in [2.24, 2.45) is 0 Å². The fourth-order valence-electron chi connectivity index (χ4n) is 2.50. The Kier molecular flexibility index (Phi) is 6.73. The highest BCUT2D eigenvalue weighted by Gasteiger charge is 2.05. The first-order valence-corrected chi connectivity index (χ1v) is 8.35. The zero-order valence-corrected chi connectivity index (χ0v) is 13.7. The van der Waals surface area contributed by atoms with E-state index >= 15 is 0 Å². The molecule has 2 aromatic rings. The number of hydrogen-bond acceptors (Lipinski definition) is 3. The third-order valence-corrected chi connectivity index (χ3v) is 3.92. The standard InChI is InChI=1S/C19H24N2O2/c1-2-3-4-5-6-7-8-17-13-21-18(14-20-17)15-9-11-16(12-10-15)19(22)23/h9-14H,2-8H2,1H3,(H,22,23). The van der Waals surface area contributed by atoms with Crippen LogP contribution < -0.4 is 0 Å². The van der Waals surface area contributed by atoms with Crippen molar-refractivity contribution in [1.29, 1.82) is 0 Å². The Hall–Kier alpha value is -2.23. The van der Waals surface area contributed by atoms with Crippen molar-refractivity contribution < 1.29 is 9.90 Å². The maximum Gasteiger partial charge on any atom is 0.335 e. The van der Waals surface area contributed by atoms with Gasteiger partial charge in [-0.2, -0.15) is 0 Å². The van der Waals surface area contributed by atoms with E-state index in [0.29, 0.717) is 0 Å². The number of aromatic carboxylic acids is 1. The molecular weight excluding hydrogens is 288 g/mol. The zero-order chi connectivity index (χ0) is 16.5. The van der Waals surface area contributed by atoms with Crippen LogP contribution in [0.15, 0.2) is 36.7 Å². The lowest BCUT2D eigenvalue weighted by atomic mass is 10.1. The first-order valence-electron chi connectivity index (χ1n) is 8.35. The Labute approximate surface area is 137 Å². The Morgan fingerprint density at radius 3 is 2.26 bits per heavy atom. The lowest BCUT2D eigenvalue weighted by molar-refractivity contribution is 0.0697. The quantitative estimate of drug-likeness (QED) is 0.679. The maximum absolute atomic E-state index is 10.8. The Bertz CT molecular complexity index is 606. The van der Waals surface area contributed by atoms with Gasteiger partial charge in [-0.1, -0.05) is 51.2 Å². The van der Waals surface area contributed by atoms with Gasteiger partial charge in [0.1, 0.15) is 0 Å². The molecule has 0 amide bonds. The molecule has 0 saturated heterocycles. The van der Waals surface area contributed by atoms with Gasteiger partial charge in [-0.05, 0) is 25.0 Å². The fraction of sp³-hybridized carbons (Fsp3) is 0.421. The molecule has 23 heavy (non-hydrogen) atoms. The van der Waals surface area contributed by atoms with Crippen molar-refractivity contribution in [3.05, 3.63) is 47.9 Å². The molecule has 0 radical (unpaired) electrons. The summed E-state index contributed by atoms with van der Waals surface area (Å²) >= 11 is 0. The minimum absolute atomic E-state index is 0.279. The number of aryl methyl sites for hydroxylation is 1. The van der Waals surface area contributed by atoms with E-state index in [1.165, 1.54) is 32.1 Å². The highest BCUT2D eigenvalue weighted by atomic mass is 16.4. The maximum atomic E-state index is 10.8. The highest BCUT2D eigenvalue weighted by Crippen LogP contribution is 2.17. The summed E-state index contributed by atoms with van der Waals surface area (Å²) in [7, 11) is 0. The minimum Gasteiger partial charge on any atom is -0.478 e. The Morgan fingerprint density at radius 2 is 1.65 bits per heavy atom. The van der Waals surface area contributed by atoms with E-state index in [-0.39, 0.29) is 5.56 Å². The van der Waals surface area contributed by atoms with Gasteiger partial charge in [0.05, 0.1) is 23.1 Å². The molecule has 1 N–H and O–H groups in total. The smallest absolute Gasteiger partial charge is 0.335 e. The van der Waals surface area contributed by atoms with Crippen LogP contribution in [0.25, 0.3) is 11.3 Å². The largest absolute Gasteiger partial charge is 0.478 e. The molecule has 0 aliphatic carbocycles. The van der Waals surface area contributed by atoms with Crippen molar-refractivity contribution in [1.82, 2.24) is 9.97 Å². The van der Waals surface area contributed by atoms with Gasteiger partial charge in [-0.25, -0.2) is 4.79 Å². The predicted octanol–water partition coefficient (Wildman–Crippen LogP) is 4.74. The first-order chi connectivity index (χ1) is 11.2. The summed E-state index contributed by atoms with van der Waals surface area (Å²) < 4.78 is 0. The number of benzene rings is 1. The lowest BCUT2D eigenvalue weighted by Gasteiger charge is -2.04. The van der Waals surface area contributed by atoms with Gasteiger partial charge in [-0.15, -0.1) is 0 Å². The average molecular weight is 312 g/mol. The van der Waals surface area contributed by atoms with E-state index in [9.17, 15) is 4.79 Å². The summed E-state index contributed by atoms with van der Waals surface area (Å²) in [4.78, 5) is 19.8. The molecule has 1 aromatic heterocycles. The summed E-state index contributed by atoms with van der Waals surface area (Å²) in [5.41, 5.74) is 2.95. The number of rotatable bonds is 9. The normalized spacial score (nSPS) is 10.7. The number of carbonyl (C=O) groups is 1. The number of hydrogen-bond donors (Lipinski definition) is 1. The van der Waals surface area contributed by atoms with Crippen molar-refractivity contribution in [3.63, 3.8) is 0 Å². The first kappa shape index (κ1) is 17.1. The molecular formula is C19H24N2O2. The lowest BCUT2D eigenvalue weighted by Crippen LogP contribution is -1.96. The van der Waals surface area contributed by atoms with Gasteiger partial charge in [0.25, 0.3) is 0 Å². The second kappa shape index (κ2) is 9.03. The van der Waals surface area contributed by atoms with Crippen LogP contribution >= 0.6 is 0 Å². The van der Waals surface area contributed by atoms with Crippen molar-refractivity contribution in [2.45, 2.75) is 51.9 Å². The van der Waals surface area contributed by atoms with E-state index in [1.54, 1.807) is 30.5 Å². The van der Waals surface area contributed by atoms with E-state index in [1.807, 2.05) is 6.20 Å². The fourth-order valence-corrected chi connectivity index (χ4v) is 2.50. The summed E-state index contributed by atoms with van der Waals surface area (Å²) in [6.45, 7) is 2.23. The van der Waals surface area contributed by atoms with Gasteiger partial charge in [0, 0.05) is 11.8 Å². The molecule has 0 aliphatic rings. The molecule has 0 saturated carbocycles. The van der Waals surface area contributed by atoms with Gasteiger partial charge in [0.2, 0.25) is 0 Å². The molecule has 4 heteroatoms. The van der Waals surface area contributed by atoms with Gasteiger partial charge < -0.3 is 5.11 Å². The van der Waals surface area contributed by atoms with Gasteiger partial charge >= 0.3 is 5.97 Å². The van der Waals surface area contributed by atoms with Crippen molar-refractivity contribution in [3.8, 4) is 11.3 Å². The number of aromatic nitrogens is 2. The van der Waals surface area contributed by atoms with Gasteiger partial charge in [-0.3, -0.25) is 9.97 Å². The number of nitrogens with zero attached hydrogens (tertiary/aromatic N) is 2. The zero-order valence-electron chi connectivity index (χ0n) is 13.7. The van der Waals surface area contributed by atoms with Crippen LogP contribution in [0.2, 0.25) is 0 Å². The molecule has 0 fully saturated rings. The molecule has 0 unspecified atom stereocenters. The van der Waals surface area contributed by atoms with Crippen molar-refractivity contribution >= 4 is 5.97 Å². The minimum atomic E-state index is -0.920. The molecule has 1 heterocycles. The van der Waals surface area contributed by atoms with E-state index in [2.05, 4.69) is 16.9 Å². The third-order valence-electron chi connectivity index (χ3n) is 3.92. The molecule has 1 aromatic carbocycles. The van der Waals surface area contributed by atoms with Crippen LogP contribution in [-0.2, 0) is 6.42 Å². The summed E-state index contributed by atoms with van der Waals surface area (Å²) in [5.74, 6) is -0.920. The second-order valence-corrected chi connectivity index (χ2v) is 5.79. The molecule has 0 atom stereocenters. The van der Waals surface area contributed by atoms with E-state index < -0.39 is 5.97 Å². The second-order valence-electron chi connectivity index (χ2n) is 5.79. The van der Waals surface area contributed by atoms with Crippen LogP contribution in [0, 0.1) is 0 Å². The Morgan fingerprint density at radius 1 is 0.957 bits per heavy atom. The monoisotopic (exact) mass is 312 g/mol. The Balaban J connectivity index is 1.85. The summed E-state index contributed by atoms with van der Waals surface area (Å²) in [6, 6.07) is 6.70. The van der Waals surface area contributed by atoms with E-state index in [0.717, 1.165) is 29.8 Å². The number of carboxylic acids is 1. The van der Waals surface area contributed by atoms with Gasteiger partial charge in [0.15, 0.2) is 0 Å². The predicted molar refractivity (Wildman–Crippen MR) is 91.5 cm³/mol. The highest BCUT2D eigenvalue weighted by molar-refractivity contribution is 5.88. The number of carboxylic acid groups (broad SMARTS) is 1. The molecule has 122 valence electrons. The van der Waals surface area contributed by atoms with Crippen LogP contribution in [0.1, 0.15) is 61.5 Å². The van der Waals surface area contributed by atoms with E-state index in [4.69, 9.17) is 5.11 Å². The SMILES string of the molecule is CCCCCCCCc1cnc(-c2ccc(C(=O)O)cc2)cn1. The van der Waals surface area contributed by atoms with Crippen LogP contribution in [0.4, 0.5) is 0 Å². The summed E-state index contributed by atoms with van der Waals surface area (Å²) in [6.07, 6.45) is 12.2. The van der Waals surface area contributed by atoms with Crippen LogP contribution in [0.5, 0.6) is 0 Å². The molecule has 0 aliphatic heterocycles. The summed E-state index contributed by atoms with van der Waals surface area (Å²) in [5, 5.41) is 8.91. The molecule has 0 bridgehead atoms. The molecule has 0 spiro atoms.